The summed E-state index contributed by atoms with van der Waals surface area (Å²) in [5.74, 6) is 0.887. The number of aryl methyl sites for hydroxylation is 1. The van der Waals surface area contributed by atoms with E-state index in [4.69, 9.17) is 9.47 Å². The molecule has 8 rings (SSSR count). The predicted molar refractivity (Wildman–Crippen MR) is 243 cm³/mol. The summed E-state index contributed by atoms with van der Waals surface area (Å²) in [4.78, 5) is 42.8. The molecule has 0 bridgehead atoms. The molecule has 2 saturated heterocycles. The van der Waals surface area contributed by atoms with Gasteiger partial charge in [-0.3, -0.25) is 14.8 Å². The number of alkyl halides is 6. The molecule has 352 valence electrons. The lowest BCUT2D eigenvalue weighted by Crippen LogP contribution is -2.49. The van der Waals surface area contributed by atoms with Crippen LogP contribution in [0, 0.1) is 6.92 Å². The summed E-state index contributed by atoms with van der Waals surface area (Å²) in [5, 5.41) is 0. The number of benzene rings is 4. The van der Waals surface area contributed by atoms with Gasteiger partial charge in [-0.15, -0.1) is 11.3 Å². The fourth-order valence-corrected chi connectivity index (χ4v) is 8.36. The summed E-state index contributed by atoms with van der Waals surface area (Å²) in [5.41, 5.74) is 6.18. The number of carbonyl (C=O) groups is 2. The molecule has 0 aliphatic carbocycles. The molecule has 2 aromatic heterocycles. The van der Waals surface area contributed by atoms with Crippen LogP contribution in [-0.2, 0) is 38.2 Å². The molecule has 17 heteroatoms. The van der Waals surface area contributed by atoms with Crippen molar-refractivity contribution in [2.24, 2.45) is 0 Å². The molecular formula is C50H50F6N6O4S. The Hall–Kier alpha value is -6.30. The lowest BCUT2D eigenvalue weighted by Gasteiger charge is -2.33. The Morgan fingerprint density at radius 2 is 1.01 bits per heavy atom. The highest BCUT2D eigenvalue weighted by atomic mass is 32.1. The second-order valence-corrected chi connectivity index (χ2v) is 17.3. The van der Waals surface area contributed by atoms with Crippen LogP contribution >= 0.6 is 11.3 Å². The van der Waals surface area contributed by atoms with E-state index >= 15 is 0 Å². The van der Waals surface area contributed by atoms with Crippen molar-refractivity contribution in [3.8, 4) is 11.5 Å². The Morgan fingerprint density at radius 1 is 0.582 bits per heavy atom. The highest BCUT2D eigenvalue weighted by Crippen LogP contribution is 2.31. The number of aromatic nitrogens is 2. The molecule has 4 aromatic carbocycles. The molecule has 6 aromatic rings. The van der Waals surface area contributed by atoms with E-state index in [2.05, 4.69) is 19.8 Å². The maximum Gasteiger partial charge on any atom is 0.416 e. The second kappa shape index (κ2) is 22.5. The number of ether oxygens (including phenoxy) is 2. The Morgan fingerprint density at radius 3 is 1.40 bits per heavy atom. The molecule has 0 unspecified atom stereocenters. The van der Waals surface area contributed by atoms with Crippen molar-refractivity contribution >= 4 is 23.5 Å². The molecule has 2 amide bonds. The van der Waals surface area contributed by atoms with E-state index in [1.54, 1.807) is 51.6 Å². The van der Waals surface area contributed by atoms with Crippen LogP contribution in [0.25, 0.3) is 0 Å². The van der Waals surface area contributed by atoms with Crippen molar-refractivity contribution in [3.05, 3.63) is 177 Å². The van der Waals surface area contributed by atoms with Crippen LogP contribution in [0.1, 0.15) is 49.5 Å². The van der Waals surface area contributed by atoms with E-state index in [0.717, 1.165) is 103 Å². The van der Waals surface area contributed by atoms with Crippen molar-refractivity contribution < 1.29 is 45.4 Å². The molecule has 67 heavy (non-hydrogen) atoms. The number of hydrogen-bond donors (Lipinski definition) is 0. The van der Waals surface area contributed by atoms with E-state index in [1.807, 2.05) is 55.0 Å². The fraction of sp³-hybridized carbons (Fsp3) is 0.320. The topological polar surface area (TPSA) is 91.3 Å². The molecule has 0 atom stereocenters. The van der Waals surface area contributed by atoms with Gasteiger partial charge >= 0.3 is 24.5 Å². The minimum atomic E-state index is -4.34. The van der Waals surface area contributed by atoms with Gasteiger partial charge in [0.1, 0.15) is 11.5 Å². The zero-order valence-electron chi connectivity index (χ0n) is 36.8. The van der Waals surface area contributed by atoms with Gasteiger partial charge in [0.25, 0.3) is 0 Å². The zero-order chi connectivity index (χ0) is 47.4. The number of hydrogen-bond acceptors (Lipinski definition) is 9. The minimum Gasteiger partial charge on any atom is -0.410 e. The number of carbonyl (C=O) groups excluding carboxylic acids is 2. The number of nitrogens with zero attached hydrogens (tertiary/aromatic N) is 6. The van der Waals surface area contributed by atoms with Crippen molar-refractivity contribution in [1.29, 1.82) is 0 Å². The predicted octanol–water partition coefficient (Wildman–Crippen LogP) is 10.4. The molecule has 2 aliphatic heterocycles. The molecule has 0 saturated carbocycles. The molecule has 0 N–H and O–H groups in total. The lowest BCUT2D eigenvalue weighted by atomic mass is 10.0. The Labute approximate surface area is 389 Å². The Bertz CT molecular complexity index is 2490. The summed E-state index contributed by atoms with van der Waals surface area (Å²) in [6, 6.07) is 28.3. The lowest BCUT2D eigenvalue weighted by molar-refractivity contribution is -0.138. The first-order chi connectivity index (χ1) is 32.1. The van der Waals surface area contributed by atoms with Crippen molar-refractivity contribution in [1.82, 2.24) is 29.6 Å². The van der Waals surface area contributed by atoms with E-state index in [9.17, 15) is 35.9 Å². The quantitative estimate of drug-likeness (QED) is 0.119. The van der Waals surface area contributed by atoms with Gasteiger partial charge in [-0.2, -0.15) is 26.3 Å². The first kappa shape index (κ1) is 48.6. The van der Waals surface area contributed by atoms with Crippen LogP contribution in [0.4, 0.5) is 35.9 Å². The highest BCUT2D eigenvalue weighted by Gasteiger charge is 2.31. The van der Waals surface area contributed by atoms with E-state index in [1.165, 1.54) is 29.1 Å². The smallest absolute Gasteiger partial charge is 0.410 e. The molecule has 2 fully saturated rings. The zero-order valence-corrected chi connectivity index (χ0v) is 37.6. The number of piperazine rings is 2. The third-order valence-electron chi connectivity index (χ3n) is 11.5. The maximum atomic E-state index is 12.7. The number of rotatable bonds is 11. The average molecular weight is 945 g/mol. The van der Waals surface area contributed by atoms with Gasteiger partial charge in [0.05, 0.1) is 22.3 Å². The SMILES string of the molecule is Cc1ncsc1CCN1CCN(C(=O)Oc2ccc(Cc3ccc(C(F)(F)F)cc3)cc2)CC1.O=C(Oc1ccc(Cc2ccc(C(F)(F)F)cc2)cc1)N1CCN(Cc2cccnc2)CC1. The minimum absolute atomic E-state index is 0.367. The summed E-state index contributed by atoms with van der Waals surface area (Å²) in [6.45, 7) is 9.32. The summed E-state index contributed by atoms with van der Waals surface area (Å²) in [7, 11) is 0. The van der Waals surface area contributed by atoms with Crippen LogP contribution in [0.2, 0.25) is 0 Å². The fourth-order valence-electron chi connectivity index (χ4n) is 7.59. The molecular weight excluding hydrogens is 895 g/mol. The van der Waals surface area contributed by atoms with E-state index in [0.29, 0.717) is 50.5 Å². The average Bonchev–Trinajstić information content (AvgIpc) is 3.74. The maximum absolute atomic E-state index is 12.7. The van der Waals surface area contributed by atoms with Crippen LogP contribution in [0.5, 0.6) is 11.5 Å². The van der Waals surface area contributed by atoms with Crippen molar-refractivity contribution in [3.63, 3.8) is 0 Å². The molecule has 0 radical (unpaired) electrons. The Balaban J connectivity index is 0.000000199. The number of halogens is 6. The molecule has 4 heterocycles. The number of pyridine rings is 1. The third-order valence-corrected chi connectivity index (χ3v) is 12.5. The third kappa shape index (κ3) is 14.6. The van der Waals surface area contributed by atoms with Crippen molar-refractivity contribution in [2.45, 2.75) is 45.1 Å². The summed E-state index contributed by atoms with van der Waals surface area (Å²) >= 11 is 1.68. The number of thiazole rings is 1. The van der Waals surface area contributed by atoms with Crippen molar-refractivity contribution in [2.75, 3.05) is 58.9 Å². The van der Waals surface area contributed by atoms with Crippen LogP contribution < -0.4 is 9.47 Å². The normalized spacial score (nSPS) is 14.9. The molecule has 10 nitrogen and oxygen atoms in total. The molecule has 0 spiro atoms. The van der Waals surface area contributed by atoms with Gasteiger partial charge in [-0.25, -0.2) is 14.6 Å². The van der Waals surface area contributed by atoms with Crippen LogP contribution in [0.3, 0.4) is 0 Å². The van der Waals surface area contributed by atoms with Gasteiger partial charge in [0, 0.05) is 82.7 Å². The second-order valence-electron chi connectivity index (χ2n) is 16.3. The van der Waals surface area contributed by atoms with Gasteiger partial charge < -0.3 is 19.3 Å². The monoisotopic (exact) mass is 944 g/mol. The van der Waals surface area contributed by atoms with Gasteiger partial charge in [-0.05, 0) is 109 Å². The first-order valence-corrected chi connectivity index (χ1v) is 22.7. The summed E-state index contributed by atoms with van der Waals surface area (Å²) < 4.78 is 87.2. The largest absolute Gasteiger partial charge is 0.416 e. The molecule has 2 aliphatic rings. The number of amides is 2. The summed E-state index contributed by atoms with van der Waals surface area (Å²) in [6.07, 6.45) is -3.87. The van der Waals surface area contributed by atoms with E-state index < -0.39 is 23.5 Å². The Kier molecular flexibility index (Phi) is 16.3. The van der Waals surface area contributed by atoms with Crippen LogP contribution in [0.15, 0.2) is 127 Å². The van der Waals surface area contributed by atoms with Gasteiger partial charge in [0.15, 0.2) is 0 Å². The van der Waals surface area contributed by atoms with Gasteiger partial charge in [-0.1, -0.05) is 54.6 Å². The standard InChI is InChI=1S/C25H26F3N3O2S.C25H24F3N3O2/c1-18-23(34-17-29-18)10-11-30-12-14-31(15-13-30)24(32)33-22-8-4-20(5-9-22)16-19-2-6-21(7-3-19)25(26,27)28;26-25(27,28)22-7-3-19(4-8-22)16-20-5-9-23(10-6-20)33-24(32)31-14-12-30(13-15-31)18-21-2-1-11-29-17-21/h2-9,17H,10-16H2,1H3;1-11,17H,12-16,18H2. The van der Waals surface area contributed by atoms with Crippen LogP contribution in [-0.4, -0.2) is 101 Å². The first-order valence-electron chi connectivity index (χ1n) is 21.8. The highest BCUT2D eigenvalue weighted by molar-refractivity contribution is 7.09. The van der Waals surface area contributed by atoms with Gasteiger partial charge in [0.2, 0.25) is 0 Å². The van der Waals surface area contributed by atoms with E-state index in [-0.39, 0.29) is 12.2 Å².